The van der Waals surface area contributed by atoms with Crippen LogP contribution in [0.25, 0.3) is 0 Å². The highest BCUT2D eigenvalue weighted by atomic mass is 15.1. The molecule has 2 heteroatoms. The second-order valence-electron chi connectivity index (χ2n) is 2.91. The summed E-state index contributed by atoms with van der Waals surface area (Å²) in [7, 11) is 1.66. The molecule has 0 aliphatic carbocycles. The van der Waals surface area contributed by atoms with Crippen LogP contribution in [0.1, 0.15) is 28.5 Å². The van der Waals surface area contributed by atoms with Gasteiger partial charge in [-0.2, -0.15) is 0 Å². The summed E-state index contributed by atoms with van der Waals surface area (Å²) >= 11 is 0. The van der Waals surface area contributed by atoms with Crippen LogP contribution in [0.5, 0.6) is 0 Å². The molecule has 0 spiro atoms. The number of rotatable bonds is 1. The normalized spacial score (nSPS) is 38.6. The molecule has 12 heavy (non-hydrogen) atoms. The van der Waals surface area contributed by atoms with E-state index < -0.39 is 12.5 Å². The summed E-state index contributed by atoms with van der Waals surface area (Å²) in [5.74, 6) is 0. The van der Waals surface area contributed by atoms with Gasteiger partial charge in [-0.1, -0.05) is 6.07 Å². The van der Waals surface area contributed by atoms with Crippen LogP contribution in [0.15, 0.2) is 24.5 Å². The fourth-order valence-electron chi connectivity index (χ4n) is 1.48. The molecule has 1 aliphatic rings. The van der Waals surface area contributed by atoms with Crippen molar-refractivity contribution >= 4 is 0 Å². The molecule has 0 saturated carbocycles. The summed E-state index contributed by atoms with van der Waals surface area (Å²) in [6.07, 6.45) is 4.20. The number of nitrogens with zero attached hydrogens (tertiary/aromatic N) is 2. The number of aromatic nitrogens is 1. The minimum absolute atomic E-state index is 0.391. The summed E-state index contributed by atoms with van der Waals surface area (Å²) in [6.45, 7) is -1.39. The molecule has 2 heterocycles. The van der Waals surface area contributed by atoms with Crippen LogP contribution in [0.3, 0.4) is 0 Å². The SMILES string of the molecule is [2H]C1([2H])CC[C@@]([2H])(c2cccnc2)N1C. The lowest BCUT2D eigenvalue weighted by Crippen LogP contribution is -2.17. The lowest BCUT2D eigenvalue weighted by Gasteiger charge is -2.18. The predicted octanol–water partition coefficient (Wildman–Crippen LogP) is 1.85. The zero-order valence-corrected chi connectivity index (χ0v) is 7.12. The monoisotopic (exact) mass is 165 g/mol. The molecule has 2 nitrogen and oxygen atoms in total. The third kappa shape index (κ3) is 1.34. The fourth-order valence-corrected chi connectivity index (χ4v) is 1.48. The van der Waals surface area contributed by atoms with E-state index in [-0.39, 0.29) is 0 Å². The summed E-state index contributed by atoms with van der Waals surface area (Å²) in [6, 6.07) is 2.64. The smallest absolute Gasteiger partial charge is 0.0519 e. The predicted molar refractivity (Wildman–Crippen MR) is 48.8 cm³/mol. The van der Waals surface area contributed by atoms with Crippen molar-refractivity contribution in [3.05, 3.63) is 30.1 Å². The lowest BCUT2D eigenvalue weighted by molar-refractivity contribution is 0.317. The summed E-state index contributed by atoms with van der Waals surface area (Å²) in [5, 5.41) is 0. The Morgan fingerprint density at radius 1 is 1.83 bits per heavy atom. The zero-order chi connectivity index (χ0) is 11.1. The Balaban J connectivity index is 2.38. The lowest BCUT2D eigenvalue weighted by atomic mass is 10.1. The molecule has 1 aromatic heterocycles. The van der Waals surface area contributed by atoms with Gasteiger partial charge in [0.1, 0.15) is 0 Å². The Kier molecular flexibility index (Phi) is 1.34. The van der Waals surface area contributed by atoms with Crippen molar-refractivity contribution in [1.29, 1.82) is 0 Å². The van der Waals surface area contributed by atoms with Gasteiger partial charge in [0.25, 0.3) is 0 Å². The Labute approximate surface area is 77.4 Å². The average Bonchev–Trinajstić information content (AvgIpc) is 2.45. The van der Waals surface area contributed by atoms with Gasteiger partial charge < -0.3 is 0 Å². The first kappa shape index (κ1) is 4.97. The van der Waals surface area contributed by atoms with Gasteiger partial charge in [-0.3, -0.25) is 9.88 Å². The van der Waals surface area contributed by atoms with Crippen molar-refractivity contribution in [3.8, 4) is 0 Å². The zero-order valence-electron chi connectivity index (χ0n) is 10.1. The highest BCUT2D eigenvalue weighted by Gasteiger charge is 2.21. The number of hydrogen-bond acceptors (Lipinski definition) is 2. The highest BCUT2D eigenvalue weighted by molar-refractivity contribution is 5.14. The Hall–Kier alpha value is -0.890. The first-order chi connectivity index (χ1) is 6.97. The van der Waals surface area contributed by atoms with Gasteiger partial charge in [-0.15, -0.1) is 0 Å². The quantitative estimate of drug-likeness (QED) is 0.631. The van der Waals surface area contributed by atoms with E-state index in [4.69, 9.17) is 4.11 Å². The molecule has 1 atom stereocenters. The third-order valence-corrected chi connectivity index (χ3v) is 2.11. The Bertz CT molecular complexity index is 355. The standard InChI is InChI=1S/C10H14N2/c1-12-7-3-5-10(12)9-4-2-6-11-8-9/h2,4,6,8,10H,3,5,7H2,1H3/t10-/m0/s1/i7D2,10D. The van der Waals surface area contributed by atoms with E-state index in [2.05, 4.69) is 4.98 Å². The van der Waals surface area contributed by atoms with E-state index in [9.17, 15) is 0 Å². The summed E-state index contributed by atoms with van der Waals surface area (Å²) in [5.41, 5.74) is 0.758. The van der Waals surface area contributed by atoms with Gasteiger partial charge in [0.15, 0.2) is 0 Å². The molecular weight excluding hydrogens is 148 g/mol. The minimum Gasteiger partial charge on any atom is -0.299 e. The van der Waals surface area contributed by atoms with E-state index in [0.29, 0.717) is 12.8 Å². The molecule has 0 N–H and O–H groups in total. The molecule has 64 valence electrons. The van der Waals surface area contributed by atoms with Crippen LogP contribution >= 0.6 is 0 Å². The van der Waals surface area contributed by atoms with E-state index in [1.54, 1.807) is 25.5 Å². The molecular formula is C10H14N2. The van der Waals surface area contributed by atoms with Gasteiger partial charge in [0, 0.05) is 21.2 Å². The van der Waals surface area contributed by atoms with Crippen LogP contribution in [0.4, 0.5) is 0 Å². The maximum Gasteiger partial charge on any atom is 0.0519 e. The summed E-state index contributed by atoms with van der Waals surface area (Å²) in [4.78, 5) is 5.47. The van der Waals surface area contributed by atoms with E-state index in [1.165, 1.54) is 4.90 Å². The van der Waals surface area contributed by atoms with Crippen LogP contribution < -0.4 is 0 Å². The van der Waals surface area contributed by atoms with E-state index in [0.717, 1.165) is 5.56 Å². The third-order valence-electron chi connectivity index (χ3n) is 2.11. The van der Waals surface area contributed by atoms with E-state index in [1.807, 2.05) is 6.07 Å². The van der Waals surface area contributed by atoms with Crippen molar-refractivity contribution < 1.29 is 4.11 Å². The molecule has 1 saturated heterocycles. The molecule has 0 bridgehead atoms. The molecule has 0 aromatic carbocycles. The molecule has 1 aliphatic heterocycles. The molecule has 2 rings (SSSR count). The average molecular weight is 165 g/mol. The van der Waals surface area contributed by atoms with Crippen LogP contribution in [-0.2, 0) is 0 Å². The highest BCUT2D eigenvalue weighted by Crippen LogP contribution is 2.29. The fraction of sp³-hybridized carbons (Fsp3) is 0.500. The number of pyridine rings is 1. The van der Waals surface area contributed by atoms with Crippen LogP contribution in [0, 0.1) is 0 Å². The maximum absolute atomic E-state index is 8.33. The molecule has 0 amide bonds. The Morgan fingerprint density at radius 2 is 2.75 bits per heavy atom. The van der Waals surface area contributed by atoms with Crippen LogP contribution in [0.2, 0.25) is 0 Å². The Morgan fingerprint density at radius 3 is 3.33 bits per heavy atom. The van der Waals surface area contributed by atoms with Crippen molar-refractivity contribution in [2.75, 3.05) is 13.5 Å². The maximum atomic E-state index is 8.33. The summed E-state index contributed by atoms with van der Waals surface area (Å²) < 4.78 is 23.8. The first-order valence-electron chi connectivity index (χ1n) is 5.61. The molecule has 1 fully saturated rings. The van der Waals surface area contributed by atoms with E-state index >= 15 is 0 Å². The largest absolute Gasteiger partial charge is 0.299 e. The van der Waals surface area contributed by atoms with Crippen molar-refractivity contribution in [2.24, 2.45) is 0 Å². The van der Waals surface area contributed by atoms with Gasteiger partial charge in [0.2, 0.25) is 0 Å². The van der Waals surface area contributed by atoms with Gasteiger partial charge in [-0.05, 0) is 38.0 Å². The minimum atomic E-state index is -1.39. The molecule has 0 radical (unpaired) electrons. The first-order valence-corrected chi connectivity index (χ1v) is 4.11. The number of likely N-dealkylation sites (tertiary alicyclic amines) is 1. The molecule has 0 unspecified atom stereocenters. The van der Waals surface area contributed by atoms with Crippen molar-refractivity contribution in [3.63, 3.8) is 0 Å². The van der Waals surface area contributed by atoms with Crippen molar-refractivity contribution in [1.82, 2.24) is 9.88 Å². The van der Waals surface area contributed by atoms with Gasteiger partial charge in [0.05, 0.1) is 1.37 Å². The van der Waals surface area contributed by atoms with Gasteiger partial charge in [-0.25, -0.2) is 0 Å². The topological polar surface area (TPSA) is 16.1 Å². The van der Waals surface area contributed by atoms with Gasteiger partial charge >= 0.3 is 0 Å². The second kappa shape index (κ2) is 3.23. The van der Waals surface area contributed by atoms with Crippen molar-refractivity contribution in [2.45, 2.75) is 18.9 Å². The van der Waals surface area contributed by atoms with Crippen LogP contribution in [-0.4, -0.2) is 23.4 Å². The molecule has 1 aromatic rings. The second-order valence-corrected chi connectivity index (χ2v) is 2.91. The number of hydrogen-bond donors (Lipinski definition) is 0.